The lowest BCUT2D eigenvalue weighted by Gasteiger charge is -2.21. The first-order valence-corrected chi connectivity index (χ1v) is 6.34. The first kappa shape index (κ1) is 14.9. The minimum atomic E-state index is -0.223. The number of carbonyl (C=O) groups excluding carboxylic acids is 1. The predicted octanol–water partition coefficient (Wildman–Crippen LogP) is 2.26. The molecule has 1 aromatic heterocycles. The second-order valence-electron chi connectivity index (χ2n) is 5.03. The van der Waals surface area contributed by atoms with Gasteiger partial charge in [-0.25, -0.2) is 4.98 Å². The van der Waals surface area contributed by atoms with Crippen molar-refractivity contribution in [3.05, 3.63) is 29.0 Å². The van der Waals surface area contributed by atoms with E-state index in [0.29, 0.717) is 17.4 Å². The Hall–Kier alpha value is -1.13. The predicted molar refractivity (Wildman–Crippen MR) is 71.7 cm³/mol. The molecular weight excluding hydrogens is 252 g/mol. The van der Waals surface area contributed by atoms with Crippen molar-refractivity contribution in [3.63, 3.8) is 0 Å². The van der Waals surface area contributed by atoms with Gasteiger partial charge in [0.25, 0.3) is 5.91 Å². The number of pyridine rings is 1. The van der Waals surface area contributed by atoms with Gasteiger partial charge < -0.3 is 10.4 Å². The molecule has 0 aromatic carbocycles. The molecule has 0 unspecified atom stereocenters. The molecule has 0 saturated heterocycles. The van der Waals surface area contributed by atoms with E-state index in [-0.39, 0.29) is 17.9 Å². The lowest BCUT2D eigenvalue weighted by molar-refractivity contribution is 0.0943. The topological polar surface area (TPSA) is 62.2 Å². The highest BCUT2D eigenvalue weighted by atomic mass is 35.5. The summed E-state index contributed by atoms with van der Waals surface area (Å²) in [7, 11) is 0. The van der Waals surface area contributed by atoms with E-state index in [0.717, 1.165) is 12.8 Å². The van der Waals surface area contributed by atoms with Crippen molar-refractivity contribution in [3.8, 4) is 0 Å². The van der Waals surface area contributed by atoms with Gasteiger partial charge in [0.1, 0.15) is 10.8 Å². The summed E-state index contributed by atoms with van der Waals surface area (Å²) in [6.45, 7) is 4.70. The lowest BCUT2D eigenvalue weighted by atomic mass is 9.89. The number of aromatic nitrogens is 1. The normalized spacial score (nSPS) is 11.3. The molecule has 0 aliphatic heterocycles. The maximum atomic E-state index is 11.7. The van der Waals surface area contributed by atoms with Crippen LogP contribution < -0.4 is 5.32 Å². The number of nitrogens with zero attached hydrogens (tertiary/aromatic N) is 1. The van der Waals surface area contributed by atoms with Gasteiger partial charge in [0, 0.05) is 13.2 Å². The molecule has 1 heterocycles. The maximum absolute atomic E-state index is 11.7. The van der Waals surface area contributed by atoms with Crippen molar-refractivity contribution in [2.45, 2.75) is 26.7 Å². The van der Waals surface area contributed by atoms with Crippen LogP contribution in [-0.4, -0.2) is 29.1 Å². The fraction of sp³-hybridized carbons (Fsp3) is 0.538. The van der Waals surface area contributed by atoms with Crippen molar-refractivity contribution in [1.82, 2.24) is 10.3 Å². The van der Waals surface area contributed by atoms with Crippen molar-refractivity contribution < 1.29 is 9.90 Å². The third kappa shape index (κ3) is 5.02. The highest BCUT2D eigenvalue weighted by Gasteiger charge is 2.15. The molecule has 100 valence electrons. The largest absolute Gasteiger partial charge is 0.396 e. The summed E-state index contributed by atoms with van der Waals surface area (Å²) >= 11 is 5.71. The molecular formula is C13H19ClN2O2. The Morgan fingerprint density at radius 1 is 1.50 bits per heavy atom. The van der Waals surface area contributed by atoms with Gasteiger partial charge in [0.2, 0.25) is 0 Å². The van der Waals surface area contributed by atoms with Crippen LogP contribution >= 0.6 is 11.6 Å². The molecule has 0 radical (unpaired) electrons. The van der Waals surface area contributed by atoms with Gasteiger partial charge >= 0.3 is 0 Å². The quantitative estimate of drug-likeness (QED) is 0.616. The highest BCUT2D eigenvalue weighted by Crippen LogP contribution is 2.20. The molecule has 0 bridgehead atoms. The Labute approximate surface area is 112 Å². The van der Waals surface area contributed by atoms with Crippen LogP contribution in [0.4, 0.5) is 0 Å². The Balaban J connectivity index is 2.34. The van der Waals surface area contributed by atoms with Gasteiger partial charge in [-0.3, -0.25) is 4.79 Å². The molecule has 1 amide bonds. The van der Waals surface area contributed by atoms with Crippen LogP contribution in [0.2, 0.25) is 5.15 Å². The standard InChI is InChI=1S/C13H19ClN2O2/c1-13(2,9-17)7-4-8-15-12(18)10-5-3-6-11(14)16-10/h3,5-6,17H,4,7-9H2,1-2H3,(H,15,18). The number of carbonyl (C=O) groups is 1. The molecule has 0 aliphatic carbocycles. The molecule has 0 aliphatic rings. The average Bonchev–Trinajstić information content (AvgIpc) is 2.34. The molecule has 0 atom stereocenters. The van der Waals surface area contributed by atoms with Gasteiger partial charge in [-0.2, -0.15) is 0 Å². The van der Waals surface area contributed by atoms with E-state index < -0.39 is 0 Å². The molecule has 0 saturated carbocycles. The summed E-state index contributed by atoms with van der Waals surface area (Å²) in [5, 5.41) is 12.2. The zero-order chi connectivity index (χ0) is 13.6. The Morgan fingerprint density at radius 3 is 2.83 bits per heavy atom. The molecule has 0 fully saturated rings. The van der Waals surface area contributed by atoms with Crippen LogP contribution in [0.5, 0.6) is 0 Å². The molecule has 1 aromatic rings. The third-order valence-electron chi connectivity index (χ3n) is 2.69. The summed E-state index contributed by atoms with van der Waals surface area (Å²) in [5.74, 6) is -0.223. The zero-order valence-electron chi connectivity index (χ0n) is 10.7. The van der Waals surface area contributed by atoms with Gasteiger partial charge in [0.05, 0.1) is 0 Å². The summed E-state index contributed by atoms with van der Waals surface area (Å²) in [6.07, 6.45) is 1.67. The van der Waals surface area contributed by atoms with Crippen LogP contribution in [0, 0.1) is 5.41 Å². The molecule has 2 N–H and O–H groups in total. The number of nitrogens with one attached hydrogen (secondary N) is 1. The van der Waals surface area contributed by atoms with Crippen molar-refractivity contribution in [1.29, 1.82) is 0 Å². The second-order valence-corrected chi connectivity index (χ2v) is 5.41. The van der Waals surface area contributed by atoms with Crippen LogP contribution in [0.1, 0.15) is 37.2 Å². The molecule has 5 heteroatoms. The van der Waals surface area contributed by atoms with Crippen molar-refractivity contribution in [2.75, 3.05) is 13.2 Å². The summed E-state index contributed by atoms with van der Waals surface area (Å²) in [6, 6.07) is 4.94. The Bertz CT molecular complexity index is 408. The summed E-state index contributed by atoms with van der Waals surface area (Å²) in [5.41, 5.74) is 0.225. The average molecular weight is 271 g/mol. The Kier molecular flexibility index (Phi) is 5.56. The van der Waals surface area contributed by atoms with E-state index in [4.69, 9.17) is 16.7 Å². The van der Waals surface area contributed by atoms with Gasteiger partial charge in [-0.1, -0.05) is 31.5 Å². The number of hydrogen-bond acceptors (Lipinski definition) is 3. The number of hydrogen-bond donors (Lipinski definition) is 2. The van der Waals surface area contributed by atoms with Gasteiger partial charge in [0.15, 0.2) is 0 Å². The number of aliphatic hydroxyl groups excluding tert-OH is 1. The minimum Gasteiger partial charge on any atom is -0.396 e. The Morgan fingerprint density at radius 2 is 2.22 bits per heavy atom. The summed E-state index contributed by atoms with van der Waals surface area (Å²) in [4.78, 5) is 15.6. The van der Waals surface area contributed by atoms with E-state index >= 15 is 0 Å². The van der Waals surface area contributed by atoms with Crippen LogP contribution in [-0.2, 0) is 0 Å². The van der Waals surface area contributed by atoms with Crippen LogP contribution in [0.15, 0.2) is 18.2 Å². The monoisotopic (exact) mass is 270 g/mol. The number of aliphatic hydroxyl groups is 1. The van der Waals surface area contributed by atoms with Crippen molar-refractivity contribution in [2.24, 2.45) is 5.41 Å². The van der Waals surface area contributed by atoms with Gasteiger partial charge in [-0.05, 0) is 30.4 Å². The minimum absolute atomic E-state index is 0.0982. The van der Waals surface area contributed by atoms with E-state index in [9.17, 15) is 4.79 Å². The number of halogens is 1. The number of amides is 1. The SMILES string of the molecule is CC(C)(CO)CCCNC(=O)c1cccc(Cl)n1. The van der Waals surface area contributed by atoms with E-state index in [1.54, 1.807) is 18.2 Å². The smallest absolute Gasteiger partial charge is 0.269 e. The van der Waals surface area contributed by atoms with Crippen LogP contribution in [0.3, 0.4) is 0 Å². The van der Waals surface area contributed by atoms with Crippen LogP contribution in [0.25, 0.3) is 0 Å². The first-order valence-electron chi connectivity index (χ1n) is 5.96. The van der Waals surface area contributed by atoms with E-state index in [1.807, 2.05) is 13.8 Å². The molecule has 1 rings (SSSR count). The van der Waals surface area contributed by atoms with E-state index in [2.05, 4.69) is 10.3 Å². The molecule has 18 heavy (non-hydrogen) atoms. The fourth-order valence-electron chi connectivity index (χ4n) is 1.47. The first-order chi connectivity index (χ1) is 8.44. The summed E-state index contributed by atoms with van der Waals surface area (Å²) < 4.78 is 0. The third-order valence-corrected chi connectivity index (χ3v) is 2.90. The van der Waals surface area contributed by atoms with E-state index in [1.165, 1.54) is 0 Å². The van der Waals surface area contributed by atoms with Gasteiger partial charge in [-0.15, -0.1) is 0 Å². The highest BCUT2D eigenvalue weighted by molar-refractivity contribution is 6.29. The maximum Gasteiger partial charge on any atom is 0.269 e. The second kappa shape index (κ2) is 6.71. The zero-order valence-corrected chi connectivity index (χ0v) is 11.5. The fourth-order valence-corrected chi connectivity index (χ4v) is 1.64. The van der Waals surface area contributed by atoms with Crippen molar-refractivity contribution >= 4 is 17.5 Å². The molecule has 0 spiro atoms. The lowest BCUT2D eigenvalue weighted by Crippen LogP contribution is -2.27. The number of rotatable bonds is 6. The molecule has 4 nitrogen and oxygen atoms in total.